The van der Waals surface area contributed by atoms with Gasteiger partial charge in [0.05, 0.1) is 18.6 Å². The van der Waals surface area contributed by atoms with Gasteiger partial charge in [-0.1, -0.05) is 6.92 Å². The third kappa shape index (κ3) is 2.67. The number of likely N-dealkylation sites (tertiary alicyclic amines) is 1. The fraction of sp³-hybridized carbons (Fsp3) is 0.889. The Bertz CT molecular complexity index is 209. The Hall–Kier alpha value is -0.650. The largest absolute Gasteiger partial charge is 0.481 e. The van der Waals surface area contributed by atoms with Crippen LogP contribution in [0.2, 0.25) is 0 Å². The summed E-state index contributed by atoms with van der Waals surface area (Å²) in [6.45, 7) is 3.11. The van der Waals surface area contributed by atoms with Crippen molar-refractivity contribution >= 4 is 5.97 Å². The van der Waals surface area contributed by atoms with Gasteiger partial charge in [0.2, 0.25) is 0 Å². The third-order valence-electron chi connectivity index (χ3n) is 2.68. The molecule has 5 nitrogen and oxygen atoms in total. The lowest BCUT2D eigenvalue weighted by atomic mass is 9.99. The van der Waals surface area contributed by atoms with Gasteiger partial charge in [-0.05, 0) is 5.92 Å². The van der Waals surface area contributed by atoms with E-state index in [2.05, 4.69) is 0 Å². The van der Waals surface area contributed by atoms with Crippen LogP contribution >= 0.6 is 0 Å². The predicted molar refractivity (Wildman–Crippen MR) is 49.8 cm³/mol. The van der Waals surface area contributed by atoms with Crippen LogP contribution in [0.3, 0.4) is 0 Å². The molecule has 0 aliphatic carbocycles. The molecule has 0 radical (unpaired) electrons. The van der Waals surface area contributed by atoms with Crippen molar-refractivity contribution in [3.8, 4) is 0 Å². The second kappa shape index (κ2) is 4.72. The van der Waals surface area contributed by atoms with Gasteiger partial charge in [-0.15, -0.1) is 0 Å². The standard InChI is InChI=1S/C9H17NO4/c1-6-2-10(3-7(12)5-11)4-8(6)9(13)14/h6-8,11-12H,2-5H2,1H3,(H,13,14)/t6-,7?,8-/m1/s1. The highest BCUT2D eigenvalue weighted by molar-refractivity contribution is 5.71. The SMILES string of the molecule is C[C@@H]1CN(CC(O)CO)C[C@H]1C(=O)O. The highest BCUT2D eigenvalue weighted by Gasteiger charge is 2.34. The molecule has 0 aromatic heterocycles. The lowest BCUT2D eigenvalue weighted by molar-refractivity contribution is -0.142. The summed E-state index contributed by atoms with van der Waals surface area (Å²) in [6, 6.07) is 0. The molecule has 0 saturated carbocycles. The molecule has 14 heavy (non-hydrogen) atoms. The molecule has 0 bridgehead atoms. The van der Waals surface area contributed by atoms with Crippen LogP contribution in [0.5, 0.6) is 0 Å². The molecular weight excluding hydrogens is 186 g/mol. The molecule has 0 aromatic carbocycles. The molecule has 3 atom stereocenters. The zero-order valence-corrected chi connectivity index (χ0v) is 8.26. The van der Waals surface area contributed by atoms with Gasteiger partial charge in [0.1, 0.15) is 0 Å². The van der Waals surface area contributed by atoms with Crippen molar-refractivity contribution in [3.63, 3.8) is 0 Å². The second-order valence-electron chi connectivity index (χ2n) is 3.98. The molecule has 1 saturated heterocycles. The maximum Gasteiger partial charge on any atom is 0.308 e. The van der Waals surface area contributed by atoms with E-state index in [-0.39, 0.29) is 18.4 Å². The van der Waals surface area contributed by atoms with Crippen LogP contribution in [0.4, 0.5) is 0 Å². The Labute approximate surface area is 83.0 Å². The third-order valence-corrected chi connectivity index (χ3v) is 2.68. The predicted octanol–water partition coefficient (Wildman–Crippen LogP) is -1.01. The monoisotopic (exact) mass is 203 g/mol. The van der Waals surface area contributed by atoms with Crippen molar-refractivity contribution in [2.75, 3.05) is 26.2 Å². The number of nitrogens with zero attached hydrogens (tertiary/aromatic N) is 1. The van der Waals surface area contributed by atoms with E-state index in [1.165, 1.54) is 0 Å². The van der Waals surface area contributed by atoms with Gasteiger partial charge in [-0.2, -0.15) is 0 Å². The van der Waals surface area contributed by atoms with Gasteiger partial charge in [-0.3, -0.25) is 9.69 Å². The van der Waals surface area contributed by atoms with Gasteiger partial charge in [0.15, 0.2) is 0 Å². The number of aliphatic hydroxyl groups is 2. The molecule has 82 valence electrons. The number of hydrogen-bond donors (Lipinski definition) is 3. The first-order valence-corrected chi connectivity index (χ1v) is 4.78. The highest BCUT2D eigenvalue weighted by Crippen LogP contribution is 2.22. The molecule has 5 heteroatoms. The fourth-order valence-corrected chi connectivity index (χ4v) is 1.89. The number of aliphatic carboxylic acids is 1. The normalized spacial score (nSPS) is 30.5. The number of carboxylic acid groups (broad SMARTS) is 1. The van der Waals surface area contributed by atoms with E-state index < -0.39 is 12.1 Å². The zero-order chi connectivity index (χ0) is 10.7. The van der Waals surface area contributed by atoms with E-state index in [4.69, 9.17) is 10.2 Å². The summed E-state index contributed by atoms with van der Waals surface area (Å²) in [5.74, 6) is -1.02. The molecule has 1 heterocycles. The Balaban J connectivity index is 2.42. The van der Waals surface area contributed by atoms with Crippen molar-refractivity contribution < 1.29 is 20.1 Å². The first kappa shape index (κ1) is 11.4. The smallest absolute Gasteiger partial charge is 0.308 e. The minimum Gasteiger partial charge on any atom is -0.481 e. The summed E-state index contributed by atoms with van der Waals surface area (Å²) in [7, 11) is 0. The summed E-state index contributed by atoms with van der Waals surface area (Å²) in [4.78, 5) is 12.7. The summed E-state index contributed by atoms with van der Waals surface area (Å²) in [5.41, 5.74) is 0. The van der Waals surface area contributed by atoms with E-state index in [0.29, 0.717) is 19.6 Å². The maximum atomic E-state index is 10.8. The van der Waals surface area contributed by atoms with Crippen molar-refractivity contribution in [1.29, 1.82) is 0 Å². The number of rotatable bonds is 4. The number of aliphatic hydroxyl groups excluding tert-OH is 2. The molecule has 3 N–H and O–H groups in total. The van der Waals surface area contributed by atoms with Crippen molar-refractivity contribution in [3.05, 3.63) is 0 Å². The molecule has 1 unspecified atom stereocenters. The quantitative estimate of drug-likeness (QED) is 0.545. The van der Waals surface area contributed by atoms with Gasteiger partial charge in [-0.25, -0.2) is 0 Å². The fourth-order valence-electron chi connectivity index (χ4n) is 1.89. The van der Waals surface area contributed by atoms with E-state index in [9.17, 15) is 9.90 Å². The van der Waals surface area contributed by atoms with Crippen molar-refractivity contribution in [2.45, 2.75) is 13.0 Å². The maximum absolute atomic E-state index is 10.8. The first-order valence-electron chi connectivity index (χ1n) is 4.78. The van der Waals surface area contributed by atoms with E-state index in [1.807, 2.05) is 11.8 Å². The summed E-state index contributed by atoms with van der Waals surface area (Å²) in [5, 5.41) is 26.7. The molecule has 0 aromatic rings. The molecule has 1 aliphatic heterocycles. The lowest BCUT2D eigenvalue weighted by Gasteiger charge is -2.17. The molecule has 1 rings (SSSR count). The van der Waals surface area contributed by atoms with Crippen LogP contribution in [0.15, 0.2) is 0 Å². The van der Waals surface area contributed by atoms with E-state index in [0.717, 1.165) is 0 Å². The average molecular weight is 203 g/mol. The minimum atomic E-state index is -0.779. The first-order chi connectivity index (χ1) is 6.54. The van der Waals surface area contributed by atoms with Gasteiger partial charge in [0.25, 0.3) is 0 Å². The Kier molecular flexibility index (Phi) is 3.86. The molecular formula is C9H17NO4. The Morgan fingerprint density at radius 2 is 2.21 bits per heavy atom. The number of β-amino-alcohol motifs (C(OH)–C–C–N with tert-alkyl or cyclic N) is 1. The molecule has 0 amide bonds. The minimum absolute atomic E-state index is 0.110. The molecule has 1 aliphatic rings. The summed E-state index contributed by atoms with van der Waals surface area (Å²) < 4.78 is 0. The van der Waals surface area contributed by atoms with Crippen LogP contribution in [-0.4, -0.2) is 58.5 Å². The van der Waals surface area contributed by atoms with E-state index in [1.54, 1.807) is 0 Å². The molecule has 1 fully saturated rings. The second-order valence-corrected chi connectivity index (χ2v) is 3.98. The van der Waals surface area contributed by atoms with Crippen molar-refractivity contribution in [2.24, 2.45) is 11.8 Å². The topological polar surface area (TPSA) is 81.0 Å². The summed E-state index contributed by atoms with van der Waals surface area (Å²) >= 11 is 0. The highest BCUT2D eigenvalue weighted by atomic mass is 16.4. The zero-order valence-electron chi connectivity index (χ0n) is 8.26. The van der Waals surface area contributed by atoms with Crippen LogP contribution in [0.25, 0.3) is 0 Å². The number of carboxylic acids is 1. The van der Waals surface area contributed by atoms with Crippen molar-refractivity contribution in [1.82, 2.24) is 4.90 Å². The van der Waals surface area contributed by atoms with Crippen LogP contribution < -0.4 is 0 Å². The van der Waals surface area contributed by atoms with Crippen LogP contribution in [-0.2, 0) is 4.79 Å². The van der Waals surface area contributed by atoms with Crippen LogP contribution in [0.1, 0.15) is 6.92 Å². The molecule has 0 spiro atoms. The number of hydrogen-bond acceptors (Lipinski definition) is 4. The number of carbonyl (C=O) groups is 1. The Morgan fingerprint density at radius 3 is 2.64 bits per heavy atom. The van der Waals surface area contributed by atoms with Gasteiger partial charge >= 0.3 is 5.97 Å². The van der Waals surface area contributed by atoms with Gasteiger partial charge in [0, 0.05) is 19.6 Å². The average Bonchev–Trinajstić information content (AvgIpc) is 2.46. The van der Waals surface area contributed by atoms with Gasteiger partial charge < -0.3 is 15.3 Å². The van der Waals surface area contributed by atoms with E-state index >= 15 is 0 Å². The Morgan fingerprint density at radius 1 is 1.57 bits per heavy atom. The summed E-state index contributed by atoms with van der Waals surface area (Å²) in [6.07, 6.45) is -0.769. The lowest BCUT2D eigenvalue weighted by Crippen LogP contribution is -2.33. The van der Waals surface area contributed by atoms with Crippen LogP contribution in [0, 0.1) is 11.8 Å².